The average molecular weight is 87.1 g/mol. The van der Waals surface area contributed by atoms with Gasteiger partial charge in [-0.2, -0.15) is 0 Å². The Morgan fingerprint density at radius 1 is 2.00 bits per heavy atom. The van der Waals surface area contributed by atoms with Gasteiger partial charge < -0.3 is 5.73 Å². The lowest BCUT2D eigenvalue weighted by molar-refractivity contribution is 0.0776. The highest BCUT2D eigenvalue weighted by molar-refractivity contribution is 5.82. The molecule has 3 N–H and O–H groups in total. The topological polar surface area (TPSA) is 59.6 Å². The van der Waals surface area contributed by atoms with Crippen LogP contribution in [0.2, 0.25) is 0 Å². The molecule has 1 heterocycles. The van der Waals surface area contributed by atoms with Gasteiger partial charge in [0.1, 0.15) is 0 Å². The predicted octanol–water partition coefficient (Wildman–Crippen LogP) is -1.21. The van der Waals surface area contributed by atoms with E-state index in [4.69, 9.17) is 5.73 Å². The molecule has 0 aromatic heterocycles. The lowest BCUT2D eigenvalue weighted by Gasteiger charge is -1.78. The molecule has 1 aliphatic heterocycles. The number of rotatable bonds is 0. The number of nitrogens with two attached hydrogens (primary N) is 1. The first kappa shape index (κ1) is 3.42. The molecule has 0 aliphatic carbocycles. The molecule has 0 radical (unpaired) electrons. The van der Waals surface area contributed by atoms with Crippen LogP contribution in [-0.4, -0.2) is 12.4 Å². The molecule has 0 aromatic rings. The van der Waals surface area contributed by atoms with Crippen LogP contribution in [0.1, 0.15) is 0 Å². The molecule has 0 saturated heterocycles. The maximum atomic E-state index is 5.10. The van der Waals surface area contributed by atoms with E-state index in [-0.39, 0.29) is 0 Å². The molecule has 0 aromatic carbocycles. The summed E-state index contributed by atoms with van der Waals surface area (Å²) in [5.74, 6) is 0.495. The summed E-state index contributed by atoms with van der Waals surface area (Å²) in [5.41, 5.74) is 7.54. The van der Waals surface area contributed by atoms with Gasteiger partial charge in [-0.3, -0.25) is 4.94 Å². The van der Waals surface area contributed by atoms with Gasteiger partial charge in [-0.15, -0.1) is 5.48 Å². The number of oxime groups is 1. The predicted molar refractivity (Wildman–Crippen MR) is 20.7 cm³/mol. The van der Waals surface area contributed by atoms with Crippen LogP contribution in [0, 0.1) is 0 Å². The highest BCUT2D eigenvalue weighted by atomic mass is 16.8. The van der Waals surface area contributed by atoms with Crippen LogP contribution in [0.4, 0.5) is 0 Å². The SMILES string of the molecule is NC1=NONC1. The van der Waals surface area contributed by atoms with Crippen LogP contribution >= 0.6 is 0 Å². The van der Waals surface area contributed by atoms with Gasteiger partial charge in [0.05, 0.1) is 6.54 Å². The molecule has 0 unspecified atom stereocenters. The summed E-state index contributed by atoms with van der Waals surface area (Å²) >= 11 is 0. The second-order valence-electron chi connectivity index (χ2n) is 0.995. The molecule has 6 heavy (non-hydrogen) atoms. The smallest absolute Gasteiger partial charge is 0.159 e. The van der Waals surface area contributed by atoms with E-state index in [0.717, 1.165) is 0 Å². The Balaban J connectivity index is 2.45. The number of nitrogens with one attached hydrogen (secondary N) is 1. The van der Waals surface area contributed by atoms with Crippen molar-refractivity contribution < 1.29 is 4.94 Å². The van der Waals surface area contributed by atoms with Gasteiger partial charge in [-0.05, 0) is 5.16 Å². The van der Waals surface area contributed by atoms with Crippen LogP contribution in [0.25, 0.3) is 0 Å². The molecule has 0 saturated carbocycles. The standard InChI is InChI=1S/C2H5N3O/c3-2-1-4-6-5-2/h4H,1H2,(H2,3,5). The van der Waals surface area contributed by atoms with Gasteiger partial charge in [0, 0.05) is 0 Å². The molecular weight excluding hydrogens is 82.0 g/mol. The molecule has 34 valence electrons. The summed E-state index contributed by atoms with van der Waals surface area (Å²) in [6, 6.07) is 0. The highest BCUT2D eigenvalue weighted by Gasteiger charge is 1.97. The summed E-state index contributed by atoms with van der Waals surface area (Å²) in [6.45, 7) is 0.542. The highest BCUT2D eigenvalue weighted by Crippen LogP contribution is 1.77. The first-order valence-corrected chi connectivity index (χ1v) is 1.61. The first-order valence-electron chi connectivity index (χ1n) is 1.61. The van der Waals surface area contributed by atoms with E-state index in [0.29, 0.717) is 12.4 Å². The van der Waals surface area contributed by atoms with Gasteiger partial charge in [0.25, 0.3) is 0 Å². The fourth-order valence-corrected chi connectivity index (χ4v) is 0.229. The minimum atomic E-state index is 0.495. The molecule has 4 heteroatoms. The van der Waals surface area contributed by atoms with Crippen LogP contribution < -0.4 is 11.2 Å². The normalized spacial score (nSPS) is 19.7. The zero-order valence-corrected chi connectivity index (χ0v) is 3.14. The number of hydroxylamine groups is 1. The second kappa shape index (κ2) is 1.14. The van der Waals surface area contributed by atoms with Crippen LogP contribution in [0.15, 0.2) is 5.16 Å². The summed E-state index contributed by atoms with van der Waals surface area (Å²) < 4.78 is 0. The Morgan fingerprint density at radius 2 is 2.83 bits per heavy atom. The Hall–Kier alpha value is -0.770. The number of nitrogens with zero attached hydrogens (tertiary/aromatic N) is 1. The van der Waals surface area contributed by atoms with E-state index in [9.17, 15) is 0 Å². The molecule has 1 rings (SSSR count). The van der Waals surface area contributed by atoms with E-state index < -0.39 is 0 Å². The van der Waals surface area contributed by atoms with E-state index in [1.54, 1.807) is 0 Å². The zero-order valence-electron chi connectivity index (χ0n) is 3.14. The summed E-state index contributed by atoms with van der Waals surface area (Å²) in [6.07, 6.45) is 0. The largest absolute Gasteiger partial charge is 0.383 e. The summed E-state index contributed by atoms with van der Waals surface area (Å²) in [4.78, 5) is 4.27. The van der Waals surface area contributed by atoms with Crippen molar-refractivity contribution in [2.45, 2.75) is 0 Å². The van der Waals surface area contributed by atoms with Crippen LogP contribution in [0.5, 0.6) is 0 Å². The molecule has 1 aliphatic rings. The summed E-state index contributed by atoms with van der Waals surface area (Å²) in [5, 5.41) is 3.32. The average Bonchev–Trinajstić information content (AvgIpc) is 1.86. The number of hydrogen-bond donors (Lipinski definition) is 2. The number of amidine groups is 1. The van der Waals surface area contributed by atoms with Crippen molar-refractivity contribution in [2.24, 2.45) is 10.9 Å². The maximum Gasteiger partial charge on any atom is 0.159 e. The summed E-state index contributed by atoms with van der Waals surface area (Å²) in [7, 11) is 0. The van der Waals surface area contributed by atoms with Gasteiger partial charge >= 0.3 is 0 Å². The Labute approximate surface area is 34.9 Å². The Kier molecular flexibility index (Phi) is 0.648. The molecule has 4 nitrogen and oxygen atoms in total. The van der Waals surface area contributed by atoms with Crippen molar-refractivity contribution in [3.8, 4) is 0 Å². The first-order chi connectivity index (χ1) is 2.89. The van der Waals surface area contributed by atoms with Crippen molar-refractivity contribution in [2.75, 3.05) is 6.54 Å². The molecule has 0 amide bonds. The van der Waals surface area contributed by atoms with Crippen molar-refractivity contribution in [3.05, 3.63) is 0 Å². The minimum Gasteiger partial charge on any atom is -0.383 e. The van der Waals surface area contributed by atoms with E-state index in [2.05, 4.69) is 15.6 Å². The Morgan fingerprint density at radius 3 is 3.00 bits per heavy atom. The zero-order chi connectivity index (χ0) is 4.41. The van der Waals surface area contributed by atoms with E-state index >= 15 is 0 Å². The van der Waals surface area contributed by atoms with Crippen molar-refractivity contribution >= 4 is 5.84 Å². The lowest BCUT2D eigenvalue weighted by atomic mass is 10.6. The third-order valence-electron chi connectivity index (χ3n) is 0.481. The molecular formula is C2H5N3O. The second-order valence-corrected chi connectivity index (χ2v) is 0.995. The van der Waals surface area contributed by atoms with E-state index in [1.807, 2.05) is 0 Å². The Bertz CT molecular complexity index is 78.9. The molecule has 0 bridgehead atoms. The van der Waals surface area contributed by atoms with Crippen molar-refractivity contribution in [1.82, 2.24) is 5.48 Å². The monoisotopic (exact) mass is 87.0 g/mol. The van der Waals surface area contributed by atoms with Crippen molar-refractivity contribution in [3.63, 3.8) is 0 Å². The van der Waals surface area contributed by atoms with Crippen LogP contribution in [0.3, 0.4) is 0 Å². The third kappa shape index (κ3) is 0.414. The van der Waals surface area contributed by atoms with Crippen LogP contribution in [-0.2, 0) is 4.94 Å². The lowest BCUT2D eigenvalue weighted by Crippen LogP contribution is -2.19. The molecule has 0 atom stereocenters. The fraction of sp³-hybridized carbons (Fsp3) is 0.500. The number of hydrogen-bond acceptors (Lipinski definition) is 4. The van der Waals surface area contributed by atoms with Gasteiger partial charge in [-0.25, -0.2) is 0 Å². The van der Waals surface area contributed by atoms with Gasteiger partial charge in [0.15, 0.2) is 5.84 Å². The van der Waals surface area contributed by atoms with Gasteiger partial charge in [0.2, 0.25) is 0 Å². The quantitative estimate of drug-likeness (QED) is 0.390. The minimum absolute atomic E-state index is 0.495. The van der Waals surface area contributed by atoms with Crippen molar-refractivity contribution in [1.29, 1.82) is 0 Å². The molecule has 0 fully saturated rings. The van der Waals surface area contributed by atoms with E-state index in [1.165, 1.54) is 0 Å². The third-order valence-corrected chi connectivity index (χ3v) is 0.481. The fourth-order valence-electron chi connectivity index (χ4n) is 0.229. The maximum absolute atomic E-state index is 5.10. The molecule has 0 spiro atoms. The van der Waals surface area contributed by atoms with Gasteiger partial charge in [-0.1, -0.05) is 0 Å².